The van der Waals surface area contributed by atoms with E-state index in [-0.39, 0.29) is 0 Å². The predicted molar refractivity (Wildman–Crippen MR) is 122 cm³/mol. The molecule has 0 spiro atoms. The van der Waals surface area contributed by atoms with Crippen LogP contribution in [-0.2, 0) is 0 Å². The average Bonchev–Trinajstić information content (AvgIpc) is 2.79. The molecule has 2 N–H and O–H groups in total. The fraction of sp³-hybridized carbons (Fsp3) is 0.174. The Morgan fingerprint density at radius 1 is 1.17 bits per heavy atom. The highest BCUT2D eigenvalue weighted by Crippen LogP contribution is 2.32. The Morgan fingerprint density at radius 3 is 2.50 bits per heavy atom. The first-order valence-corrected chi connectivity index (χ1v) is 9.18. The largest absolute Gasteiger partial charge is 0.497 e. The van der Waals surface area contributed by atoms with E-state index in [1.54, 1.807) is 39.7 Å². The van der Waals surface area contributed by atoms with E-state index in [1.165, 1.54) is 6.20 Å². The number of pyridine rings is 2. The summed E-state index contributed by atoms with van der Waals surface area (Å²) in [7, 11) is 4.90. The van der Waals surface area contributed by atoms with Crippen LogP contribution in [-0.4, -0.2) is 44.0 Å². The first-order chi connectivity index (χ1) is 14.6. The third kappa shape index (κ3) is 4.33. The van der Waals surface area contributed by atoms with Crippen molar-refractivity contribution in [3.63, 3.8) is 0 Å². The van der Waals surface area contributed by atoms with Gasteiger partial charge in [0.25, 0.3) is 0 Å². The molecule has 1 aromatic carbocycles. The molecule has 7 nitrogen and oxygen atoms in total. The Kier molecular flexibility index (Phi) is 6.50. The summed E-state index contributed by atoms with van der Waals surface area (Å²) in [6.07, 6.45) is 10.6. The lowest BCUT2D eigenvalue weighted by Gasteiger charge is -2.23. The molecular formula is C23H23N5O2. The van der Waals surface area contributed by atoms with Crippen molar-refractivity contribution in [1.82, 2.24) is 9.97 Å². The normalized spacial score (nSPS) is 11.5. The van der Waals surface area contributed by atoms with E-state index in [2.05, 4.69) is 15.9 Å². The van der Waals surface area contributed by atoms with Crippen LogP contribution in [0, 0.1) is 12.3 Å². The summed E-state index contributed by atoms with van der Waals surface area (Å²) in [6, 6.07) is 11.3. The second-order valence-electron chi connectivity index (χ2n) is 6.30. The minimum Gasteiger partial charge on any atom is -0.497 e. The van der Waals surface area contributed by atoms with Gasteiger partial charge in [-0.05, 0) is 18.2 Å². The lowest BCUT2D eigenvalue weighted by molar-refractivity contribution is 0.394. The molecule has 7 heteroatoms. The maximum absolute atomic E-state index is 5.73. The zero-order valence-corrected chi connectivity index (χ0v) is 17.2. The standard InChI is InChI=1S/C23H23N5O2/c1-5-8-28(18-10-19(29-3)12-20(11-18)30-4)23-7-6-21-22(27-23)9-16(15-26-21)17(13-24)14-25-2/h1,6-7,9-15H,8,24H2,2-4H3/b17-13+,25-14?. The molecule has 30 heavy (non-hydrogen) atoms. The number of anilines is 2. The Balaban J connectivity index is 2.11. The summed E-state index contributed by atoms with van der Waals surface area (Å²) in [5.41, 5.74) is 9.59. The van der Waals surface area contributed by atoms with Crippen LogP contribution < -0.4 is 20.1 Å². The van der Waals surface area contributed by atoms with Gasteiger partial charge in [-0.1, -0.05) is 5.92 Å². The van der Waals surface area contributed by atoms with Gasteiger partial charge < -0.3 is 20.1 Å². The SMILES string of the molecule is C#CCN(c1cc(OC)cc(OC)c1)c1ccc2ncc(/C(C=NC)=C/N)cc2n1. The number of rotatable bonds is 7. The molecule has 0 aliphatic carbocycles. The molecule has 2 aromatic heterocycles. The molecule has 0 atom stereocenters. The van der Waals surface area contributed by atoms with E-state index < -0.39 is 0 Å². The third-order valence-corrected chi connectivity index (χ3v) is 4.48. The second kappa shape index (κ2) is 9.43. The minimum absolute atomic E-state index is 0.318. The van der Waals surface area contributed by atoms with E-state index in [1.807, 2.05) is 35.2 Å². The quantitative estimate of drug-likeness (QED) is 0.482. The number of methoxy groups -OCH3 is 2. The molecule has 2 heterocycles. The number of ether oxygens (including phenoxy) is 2. The van der Waals surface area contributed by atoms with Crippen LogP contribution in [0.4, 0.5) is 11.5 Å². The third-order valence-electron chi connectivity index (χ3n) is 4.48. The van der Waals surface area contributed by atoms with Gasteiger partial charge in [0.2, 0.25) is 0 Å². The topological polar surface area (TPSA) is 85.9 Å². The molecule has 0 saturated heterocycles. The van der Waals surface area contributed by atoms with Crippen molar-refractivity contribution in [2.75, 3.05) is 32.7 Å². The first-order valence-electron chi connectivity index (χ1n) is 9.18. The van der Waals surface area contributed by atoms with Gasteiger partial charge >= 0.3 is 0 Å². The summed E-state index contributed by atoms with van der Waals surface area (Å²) in [5.74, 6) is 4.69. The molecule has 3 aromatic rings. The number of allylic oxidation sites excluding steroid dienone is 1. The highest BCUT2D eigenvalue weighted by molar-refractivity contribution is 6.10. The molecule has 152 valence electrons. The lowest BCUT2D eigenvalue weighted by atomic mass is 10.1. The van der Waals surface area contributed by atoms with Crippen LogP contribution in [0.25, 0.3) is 16.6 Å². The van der Waals surface area contributed by atoms with Gasteiger partial charge in [-0.25, -0.2) is 4.98 Å². The molecule has 0 aliphatic heterocycles. The maximum Gasteiger partial charge on any atom is 0.134 e. The number of hydrogen-bond donors (Lipinski definition) is 1. The van der Waals surface area contributed by atoms with Crippen molar-refractivity contribution >= 4 is 34.3 Å². The molecule has 0 amide bonds. The monoisotopic (exact) mass is 401 g/mol. The summed E-state index contributed by atoms with van der Waals surface area (Å²) in [4.78, 5) is 15.2. The number of aliphatic imine (C=N–C) groups is 1. The smallest absolute Gasteiger partial charge is 0.134 e. The lowest BCUT2D eigenvalue weighted by Crippen LogP contribution is -2.18. The number of aromatic nitrogens is 2. The number of nitrogens with two attached hydrogens (primary N) is 1. The minimum atomic E-state index is 0.318. The fourth-order valence-electron chi connectivity index (χ4n) is 3.00. The van der Waals surface area contributed by atoms with Gasteiger partial charge in [-0.3, -0.25) is 9.98 Å². The van der Waals surface area contributed by atoms with E-state index in [0.29, 0.717) is 29.4 Å². The molecule has 3 rings (SSSR count). The van der Waals surface area contributed by atoms with Crippen LogP contribution in [0.2, 0.25) is 0 Å². The average molecular weight is 401 g/mol. The Hall–Kier alpha value is -4.05. The fourth-order valence-corrected chi connectivity index (χ4v) is 3.00. The van der Waals surface area contributed by atoms with Gasteiger partial charge in [-0.15, -0.1) is 6.42 Å². The van der Waals surface area contributed by atoms with Crippen LogP contribution in [0.15, 0.2) is 53.8 Å². The van der Waals surface area contributed by atoms with Crippen LogP contribution >= 0.6 is 0 Å². The molecule has 0 unspecified atom stereocenters. The summed E-state index contributed by atoms with van der Waals surface area (Å²) >= 11 is 0. The van der Waals surface area contributed by atoms with Gasteiger partial charge in [0.1, 0.15) is 17.3 Å². The van der Waals surface area contributed by atoms with Crippen molar-refractivity contribution in [3.05, 3.63) is 54.4 Å². The van der Waals surface area contributed by atoms with E-state index in [9.17, 15) is 0 Å². The molecule has 0 aliphatic rings. The maximum atomic E-state index is 5.73. The van der Waals surface area contributed by atoms with E-state index in [0.717, 1.165) is 22.3 Å². The first kappa shape index (κ1) is 20.7. The Labute approximate surface area is 175 Å². The summed E-state index contributed by atoms with van der Waals surface area (Å²) in [6.45, 7) is 0.318. The highest BCUT2D eigenvalue weighted by Gasteiger charge is 2.14. The van der Waals surface area contributed by atoms with Gasteiger partial charge in [-0.2, -0.15) is 0 Å². The van der Waals surface area contributed by atoms with E-state index in [4.69, 9.17) is 26.6 Å². The highest BCUT2D eigenvalue weighted by atomic mass is 16.5. The Bertz CT molecular complexity index is 1130. The van der Waals surface area contributed by atoms with E-state index >= 15 is 0 Å². The number of terminal acetylenes is 1. The van der Waals surface area contributed by atoms with Gasteiger partial charge in [0, 0.05) is 55.0 Å². The summed E-state index contributed by atoms with van der Waals surface area (Å²) < 4.78 is 10.8. The van der Waals surface area contributed by atoms with Gasteiger partial charge in [0.15, 0.2) is 0 Å². The van der Waals surface area contributed by atoms with Crippen LogP contribution in [0.1, 0.15) is 5.56 Å². The molecule has 0 bridgehead atoms. The van der Waals surface area contributed by atoms with Gasteiger partial charge in [0.05, 0.1) is 37.5 Å². The number of benzene rings is 1. The second-order valence-corrected chi connectivity index (χ2v) is 6.30. The van der Waals surface area contributed by atoms with Crippen molar-refractivity contribution in [3.8, 4) is 23.8 Å². The number of fused-ring (bicyclic) bond motifs is 1. The zero-order valence-electron chi connectivity index (χ0n) is 17.2. The predicted octanol–water partition coefficient (Wildman–Crippen LogP) is 3.42. The van der Waals surface area contributed by atoms with Crippen LogP contribution in [0.5, 0.6) is 11.5 Å². The summed E-state index contributed by atoms with van der Waals surface area (Å²) in [5, 5.41) is 0. The number of hydrogen-bond acceptors (Lipinski definition) is 7. The molecule has 0 saturated carbocycles. The number of nitrogens with zero attached hydrogens (tertiary/aromatic N) is 4. The van der Waals surface area contributed by atoms with Crippen molar-refractivity contribution in [2.45, 2.75) is 0 Å². The van der Waals surface area contributed by atoms with Crippen molar-refractivity contribution in [2.24, 2.45) is 10.7 Å². The van der Waals surface area contributed by atoms with Crippen LogP contribution in [0.3, 0.4) is 0 Å². The molecule has 0 fully saturated rings. The van der Waals surface area contributed by atoms with Crippen molar-refractivity contribution < 1.29 is 9.47 Å². The zero-order chi connectivity index (χ0) is 21.5. The van der Waals surface area contributed by atoms with Crippen molar-refractivity contribution in [1.29, 1.82) is 0 Å². The molecular weight excluding hydrogens is 378 g/mol. The Morgan fingerprint density at radius 2 is 1.90 bits per heavy atom. The molecule has 0 radical (unpaired) electrons.